The number of benzene rings is 2. The Kier molecular flexibility index (Phi) is 5.29. The third kappa shape index (κ3) is 3.92. The molecule has 0 bridgehead atoms. The maximum Gasteiger partial charge on any atom is 0.257 e. The summed E-state index contributed by atoms with van der Waals surface area (Å²) in [7, 11) is 0. The first-order valence-electron chi connectivity index (χ1n) is 9.43. The van der Waals surface area contributed by atoms with Gasteiger partial charge in [-0.15, -0.1) is 0 Å². The Bertz CT molecular complexity index is 1250. The van der Waals surface area contributed by atoms with Crippen molar-refractivity contribution in [3.05, 3.63) is 77.0 Å². The van der Waals surface area contributed by atoms with Crippen molar-refractivity contribution in [3.8, 4) is 11.5 Å². The molecule has 2 aromatic carbocycles. The number of thiocarbonyl (C=S) groups is 1. The van der Waals surface area contributed by atoms with Gasteiger partial charge in [0, 0.05) is 23.0 Å². The lowest BCUT2D eigenvalue weighted by atomic mass is 10.1. The van der Waals surface area contributed by atoms with Gasteiger partial charge in [0.15, 0.2) is 16.3 Å². The number of carbonyl (C=O) groups is 1. The van der Waals surface area contributed by atoms with Crippen LogP contribution in [0.1, 0.15) is 27.0 Å². The number of nitrogens with zero attached hydrogens (tertiary/aromatic N) is 2. The van der Waals surface area contributed by atoms with Crippen LogP contribution in [0.4, 0.5) is 5.69 Å². The number of oxazole rings is 1. The van der Waals surface area contributed by atoms with E-state index in [-0.39, 0.29) is 11.0 Å². The normalized spacial score (nSPS) is 10.8. The Morgan fingerprint density at radius 1 is 1.03 bits per heavy atom. The summed E-state index contributed by atoms with van der Waals surface area (Å²) in [5.41, 5.74) is 6.41. The summed E-state index contributed by atoms with van der Waals surface area (Å²) in [5, 5.41) is 6.05. The average Bonchev–Trinajstić information content (AvgIpc) is 3.15. The summed E-state index contributed by atoms with van der Waals surface area (Å²) in [6.07, 6.45) is 1.68. The predicted molar refractivity (Wildman–Crippen MR) is 122 cm³/mol. The van der Waals surface area contributed by atoms with Crippen molar-refractivity contribution in [2.24, 2.45) is 0 Å². The first kappa shape index (κ1) is 19.7. The largest absolute Gasteiger partial charge is 0.434 e. The summed E-state index contributed by atoms with van der Waals surface area (Å²) in [6, 6.07) is 14.9. The zero-order valence-electron chi connectivity index (χ0n) is 16.8. The second-order valence-corrected chi connectivity index (χ2v) is 7.44. The molecule has 0 aliphatic carbocycles. The Labute approximate surface area is 179 Å². The highest BCUT2D eigenvalue weighted by Gasteiger charge is 2.15. The van der Waals surface area contributed by atoms with Gasteiger partial charge >= 0.3 is 0 Å². The van der Waals surface area contributed by atoms with Crippen LogP contribution >= 0.6 is 12.2 Å². The Morgan fingerprint density at radius 2 is 1.87 bits per heavy atom. The van der Waals surface area contributed by atoms with Gasteiger partial charge in [-0.25, -0.2) is 4.98 Å². The first-order chi connectivity index (χ1) is 14.4. The van der Waals surface area contributed by atoms with Crippen LogP contribution in [0, 0.1) is 20.8 Å². The summed E-state index contributed by atoms with van der Waals surface area (Å²) in [6.45, 7) is 5.92. The number of amides is 1. The topological polar surface area (TPSA) is 80.0 Å². The highest BCUT2D eigenvalue weighted by atomic mass is 32.1. The maximum atomic E-state index is 12.5. The fraction of sp³-hybridized carbons (Fsp3) is 0.130. The van der Waals surface area contributed by atoms with E-state index in [9.17, 15) is 4.79 Å². The summed E-state index contributed by atoms with van der Waals surface area (Å²) in [5.74, 6) is 0.226. The molecule has 0 aliphatic rings. The number of anilines is 1. The smallest absolute Gasteiger partial charge is 0.257 e. The van der Waals surface area contributed by atoms with E-state index >= 15 is 0 Å². The van der Waals surface area contributed by atoms with Crippen molar-refractivity contribution < 1.29 is 9.21 Å². The maximum absolute atomic E-state index is 12.5. The van der Waals surface area contributed by atoms with Crippen molar-refractivity contribution in [3.63, 3.8) is 0 Å². The van der Waals surface area contributed by atoms with Crippen LogP contribution in [-0.2, 0) is 0 Å². The van der Waals surface area contributed by atoms with Crippen molar-refractivity contribution in [1.29, 1.82) is 0 Å². The van der Waals surface area contributed by atoms with Crippen LogP contribution in [0.5, 0.6) is 0 Å². The van der Waals surface area contributed by atoms with Gasteiger partial charge in [0.05, 0.1) is 0 Å². The number of carbonyl (C=O) groups excluding carboxylic acids is 1. The molecule has 4 aromatic rings. The van der Waals surface area contributed by atoms with E-state index < -0.39 is 0 Å². The van der Waals surface area contributed by atoms with Crippen molar-refractivity contribution in [1.82, 2.24) is 15.3 Å². The number of aromatic nitrogens is 2. The van der Waals surface area contributed by atoms with Gasteiger partial charge in [0.25, 0.3) is 5.91 Å². The lowest BCUT2D eigenvalue weighted by Gasteiger charge is -2.13. The van der Waals surface area contributed by atoms with Gasteiger partial charge in [0.2, 0.25) is 5.89 Å². The standard InChI is InChI=1S/C23H20N4O2S/c1-13-9-10-16(12-14(13)2)21(28)27-23(30)25-18-7-4-6-17(15(18)3)22-26-20-19(29-22)8-5-11-24-20/h4-12H,1-3H3,(H2,25,27,28,30). The molecule has 2 heterocycles. The van der Waals surface area contributed by atoms with Gasteiger partial charge in [0.1, 0.15) is 0 Å². The molecule has 7 heteroatoms. The molecule has 2 N–H and O–H groups in total. The first-order valence-corrected chi connectivity index (χ1v) is 9.84. The monoisotopic (exact) mass is 416 g/mol. The second-order valence-electron chi connectivity index (χ2n) is 7.03. The molecule has 0 radical (unpaired) electrons. The van der Waals surface area contributed by atoms with Gasteiger partial charge in [-0.05, 0) is 86.1 Å². The molecule has 0 spiro atoms. The minimum Gasteiger partial charge on any atom is -0.434 e. The molecular formula is C23H20N4O2S. The Hall–Kier alpha value is -3.58. The van der Waals surface area contributed by atoms with Crippen LogP contribution in [0.15, 0.2) is 59.1 Å². The zero-order valence-corrected chi connectivity index (χ0v) is 17.6. The van der Waals surface area contributed by atoms with Crippen LogP contribution in [0.25, 0.3) is 22.7 Å². The number of nitrogens with one attached hydrogen (secondary N) is 2. The minimum absolute atomic E-state index is 0.220. The molecule has 150 valence electrons. The molecule has 30 heavy (non-hydrogen) atoms. The van der Waals surface area contributed by atoms with Gasteiger partial charge in [-0.2, -0.15) is 4.98 Å². The van der Waals surface area contributed by atoms with Crippen molar-refractivity contribution in [2.75, 3.05) is 5.32 Å². The van der Waals surface area contributed by atoms with Crippen LogP contribution in [0.3, 0.4) is 0 Å². The minimum atomic E-state index is -0.255. The van der Waals surface area contributed by atoms with E-state index in [1.54, 1.807) is 18.3 Å². The molecule has 0 saturated carbocycles. The average molecular weight is 417 g/mol. The zero-order chi connectivity index (χ0) is 21.3. The summed E-state index contributed by atoms with van der Waals surface area (Å²) < 4.78 is 5.83. The molecule has 0 fully saturated rings. The fourth-order valence-corrected chi connectivity index (χ4v) is 3.30. The number of fused-ring (bicyclic) bond motifs is 1. The number of rotatable bonds is 3. The van der Waals surface area contributed by atoms with E-state index in [2.05, 4.69) is 20.6 Å². The molecule has 2 aromatic heterocycles. The van der Waals surface area contributed by atoms with E-state index in [4.69, 9.17) is 16.6 Å². The lowest BCUT2D eigenvalue weighted by molar-refractivity contribution is 0.0977. The van der Waals surface area contributed by atoms with Gasteiger partial charge in [-0.3, -0.25) is 10.1 Å². The molecule has 6 nitrogen and oxygen atoms in total. The number of hydrogen-bond donors (Lipinski definition) is 2. The Morgan fingerprint density at radius 3 is 2.63 bits per heavy atom. The van der Waals surface area contributed by atoms with Crippen LogP contribution in [0.2, 0.25) is 0 Å². The SMILES string of the molecule is Cc1ccc(C(=O)NC(=S)Nc2cccc(-c3nc4ncccc4o3)c2C)cc1C. The van der Waals surface area contributed by atoms with Gasteiger partial charge in [-0.1, -0.05) is 12.1 Å². The lowest BCUT2D eigenvalue weighted by Crippen LogP contribution is -2.34. The molecular weight excluding hydrogens is 396 g/mol. The third-order valence-corrected chi connectivity index (χ3v) is 5.18. The molecule has 0 saturated heterocycles. The highest BCUT2D eigenvalue weighted by molar-refractivity contribution is 7.80. The quantitative estimate of drug-likeness (QED) is 0.461. The van der Waals surface area contributed by atoms with E-state index in [1.807, 2.05) is 57.2 Å². The summed E-state index contributed by atoms with van der Waals surface area (Å²) >= 11 is 5.35. The highest BCUT2D eigenvalue weighted by Crippen LogP contribution is 2.29. The number of hydrogen-bond acceptors (Lipinski definition) is 5. The van der Waals surface area contributed by atoms with E-state index in [1.165, 1.54) is 0 Å². The van der Waals surface area contributed by atoms with Gasteiger partial charge < -0.3 is 9.73 Å². The second kappa shape index (κ2) is 8.04. The summed E-state index contributed by atoms with van der Waals surface area (Å²) in [4.78, 5) is 21.2. The molecule has 0 atom stereocenters. The van der Waals surface area contributed by atoms with E-state index in [0.717, 1.165) is 27.9 Å². The molecule has 0 aliphatic heterocycles. The molecule has 4 rings (SSSR count). The van der Waals surface area contributed by atoms with E-state index in [0.29, 0.717) is 22.7 Å². The fourth-order valence-electron chi connectivity index (χ4n) is 3.10. The van der Waals surface area contributed by atoms with Crippen LogP contribution in [-0.4, -0.2) is 21.0 Å². The van der Waals surface area contributed by atoms with Crippen LogP contribution < -0.4 is 10.6 Å². The van der Waals surface area contributed by atoms with Crippen molar-refractivity contribution in [2.45, 2.75) is 20.8 Å². The predicted octanol–water partition coefficient (Wildman–Crippen LogP) is 4.94. The Balaban J connectivity index is 1.53. The third-order valence-electron chi connectivity index (χ3n) is 4.97. The van der Waals surface area contributed by atoms with Crippen molar-refractivity contribution >= 4 is 40.2 Å². The number of pyridine rings is 1. The molecule has 1 amide bonds. The molecule has 0 unspecified atom stereocenters. The number of aryl methyl sites for hydroxylation is 2.